The zero-order chi connectivity index (χ0) is 20.0. The molecular weight excluding hydrogens is 393 g/mol. The standard InChI is InChI=1S/C19H17Cl2NO5/c1-11-3-5-13(19(25)26-2)9-16(11)22-17(23)10-27-18(24)8-12-4-6-14(20)15(21)7-12/h3-7,9H,8,10H2,1-2H3,(H,22,23). The summed E-state index contributed by atoms with van der Waals surface area (Å²) < 4.78 is 9.62. The Morgan fingerprint density at radius 2 is 1.78 bits per heavy atom. The predicted octanol–water partition coefficient (Wildman–Crippen LogP) is 3.81. The van der Waals surface area contributed by atoms with Crippen molar-refractivity contribution in [3.63, 3.8) is 0 Å². The van der Waals surface area contributed by atoms with Crippen LogP contribution in [-0.4, -0.2) is 31.6 Å². The van der Waals surface area contributed by atoms with Gasteiger partial charge in [0.1, 0.15) is 0 Å². The maximum atomic E-state index is 12.0. The molecule has 1 amide bonds. The largest absolute Gasteiger partial charge is 0.465 e. The number of ether oxygens (including phenoxy) is 2. The van der Waals surface area contributed by atoms with Crippen molar-refractivity contribution < 1.29 is 23.9 Å². The van der Waals surface area contributed by atoms with Crippen LogP contribution in [0.3, 0.4) is 0 Å². The van der Waals surface area contributed by atoms with E-state index in [1.165, 1.54) is 13.2 Å². The highest BCUT2D eigenvalue weighted by molar-refractivity contribution is 6.42. The molecule has 0 saturated heterocycles. The van der Waals surface area contributed by atoms with Gasteiger partial charge in [0, 0.05) is 5.69 Å². The Bertz CT molecular complexity index is 882. The molecule has 0 aliphatic carbocycles. The highest BCUT2D eigenvalue weighted by Crippen LogP contribution is 2.23. The number of nitrogens with one attached hydrogen (secondary N) is 1. The van der Waals surface area contributed by atoms with Crippen LogP contribution in [0.25, 0.3) is 0 Å². The minimum Gasteiger partial charge on any atom is -0.465 e. The van der Waals surface area contributed by atoms with E-state index < -0.39 is 24.5 Å². The first-order valence-corrected chi connectivity index (χ1v) is 8.64. The Morgan fingerprint density at radius 1 is 1.04 bits per heavy atom. The molecule has 27 heavy (non-hydrogen) atoms. The van der Waals surface area contributed by atoms with E-state index in [0.717, 1.165) is 5.56 Å². The van der Waals surface area contributed by atoms with Gasteiger partial charge in [-0.15, -0.1) is 0 Å². The summed E-state index contributed by atoms with van der Waals surface area (Å²) >= 11 is 11.7. The van der Waals surface area contributed by atoms with Gasteiger partial charge < -0.3 is 14.8 Å². The minimum atomic E-state index is -0.580. The molecule has 0 aliphatic heterocycles. The third kappa shape index (κ3) is 5.98. The second-order valence-electron chi connectivity index (χ2n) is 5.66. The molecular formula is C19H17Cl2NO5. The molecule has 0 unspecified atom stereocenters. The number of esters is 2. The van der Waals surface area contributed by atoms with Crippen LogP contribution < -0.4 is 5.32 Å². The predicted molar refractivity (Wildman–Crippen MR) is 102 cm³/mol. The fourth-order valence-electron chi connectivity index (χ4n) is 2.20. The molecule has 0 atom stereocenters. The number of anilines is 1. The normalized spacial score (nSPS) is 10.2. The average molecular weight is 410 g/mol. The maximum absolute atomic E-state index is 12.0. The van der Waals surface area contributed by atoms with E-state index in [0.29, 0.717) is 26.9 Å². The van der Waals surface area contributed by atoms with Crippen molar-refractivity contribution in [1.29, 1.82) is 0 Å². The zero-order valence-electron chi connectivity index (χ0n) is 14.7. The van der Waals surface area contributed by atoms with Crippen LogP contribution in [0.1, 0.15) is 21.5 Å². The highest BCUT2D eigenvalue weighted by atomic mass is 35.5. The molecule has 142 valence electrons. The molecule has 0 spiro atoms. The summed E-state index contributed by atoms with van der Waals surface area (Å²) in [5.41, 5.74) is 2.10. The number of methoxy groups -OCH3 is 1. The second kappa shape index (κ2) is 9.39. The van der Waals surface area contributed by atoms with Gasteiger partial charge in [0.15, 0.2) is 6.61 Å². The molecule has 0 saturated carbocycles. The van der Waals surface area contributed by atoms with Crippen LogP contribution in [0.15, 0.2) is 36.4 Å². The summed E-state index contributed by atoms with van der Waals surface area (Å²) in [7, 11) is 1.27. The van der Waals surface area contributed by atoms with Crippen LogP contribution in [-0.2, 0) is 25.5 Å². The van der Waals surface area contributed by atoms with Gasteiger partial charge in [-0.3, -0.25) is 9.59 Å². The van der Waals surface area contributed by atoms with Gasteiger partial charge in [-0.25, -0.2) is 4.79 Å². The Hall–Kier alpha value is -2.57. The summed E-state index contributed by atoms with van der Waals surface area (Å²) in [5.74, 6) is -1.62. The van der Waals surface area contributed by atoms with Crippen LogP contribution >= 0.6 is 23.2 Å². The number of hydrogen-bond acceptors (Lipinski definition) is 5. The number of amides is 1. The third-order valence-electron chi connectivity index (χ3n) is 3.63. The topological polar surface area (TPSA) is 81.7 Å². The molecule has 0 fully saturated rings. The van der Waals surface area contributed by atoms with Gasteiger partial charge in [0.05, 0.1) is 29.1 Å². The first-order chi connectivity index (χ1) is 12.8. The smallest absolute Gasteiger partial charge is 0.337 e. The van der Waals surface area contributed by atoms with E-state index in [4.69, 9.17) is 27.9 Å². The van der Waals surface area contributed by atoms with Gasteiger partial charge in [-0.2, -0.15) is 0 Å². The van der Waals surface area contributed by atoms with E-state index in [1.54, 1.807) is 37.3 Å². The molecule has 2 aromatic rings. The van der Waals surface area contributed by atoms with Crippen LogP contribution in [0.2, 0.25) is 10.0 Å². The Morgan fingerprint density at radius 3 is 2.44 bits per heavy atom. The van der Waals surface area contributed by atoms with Gasteiger partial charge in [-0.05, 0) is 42.3 Å². The summed E-state index contributed by atoms with van der Waals surface area (Å²) in [6.07, 6.45) is -0.0407. The lowest BCUT2D eigenvalue weighted by atomic mass is 10.1. The minimum absolute atomic E-state index is 0.0407. The van der Waals surface area contributed by atoms with E-state index >= 15 is 0 Å². The lowest BCUT2D eigenvalue weighted by molar-refractivity contribution is -0.146. The second-order valence-corrected chi connectivity index (χ2v) is 6.47. The summed E-state index contributed by atoms with van der Waals surface area (Å²) in [6, 6.07) is 9.56. The van der Waals surface area contributed by atoms with E-state index in [2.05, 4.69) is 10.1 Å². The Balaban J connectivity index is 1.91. The van der Waals surface area contributed by atoms with Crippen LogP contribution in [0, 0.1) is 6.92 Å². The Labute approximate surface area is 166 Å². The van der Waals surface area contributed by atoms with Crippen molar-refractivity contribution in [2.75, 3.05) is 19.0 Å². The molecule has 8 heteroatoms. The average Bonchev–Trinajstić information content (AvgIpc) is 2.64. The highest BCUT2D eigenvalue weighted by Gasteiger charge is 2.13. The van der Waals surface area contributed by atoms with Crippen LogP contribution in [0.4, 0.5) is 5.69 Å². The van der Waals surface area contributed by atoms with Gasteiger partial charge >= 0.3 is 11.9 Å². The fourth-order valence-corrected chi connectivity index (χ4v) is 2.52. The first-order valence-electron chi connectivity index (χ1n) is 7.88. The quantitative estimate of drug-likeness (QED) is 0.733. The van der Waals surface area contributed by atoms with Crippen LogP contribution in [0.5, 0.6) is 0 Å². The number of benzene rings is 2. The summed E-state index contributed by atoms with van der Waals surface area (Å²) in [5, 5.41) is 3.32. The molecule has 1 N–H and O–H groups in total. The first kappa shape index (κ1) is 20.7. The van der Waals surface area contributed by atoms with Crippen molar-refractivity contribution >= 4 is 46.7 Å². The molecule has 2 aromatic carbocycles. The van der Waals surface area contributed by atoms with Crippen molar-refractivity contribution in [1.82, 2.24) is 0 Å². The number of carbonyl (C=O) groups excluding carboxylic acids is 3. The number of halogens is 2. The summed E-state index contributed by atoms with van der Waals surface area (Å²) in [6.45, 7) is 1.31. The lowest BCUT2D eigenvalue weighted by Gasteiger charge is -2.10. The monoisotopic (exact) mass is 409 g/mol. The van der Waals surface area contributed by atoms with Gasteiger partial charge in [0.2, 0.25) is 0 Å². The van der Waals surface area contributed by atoms with Gasteiger partial charge in [-0.1, -0.05) is 35.3 Å². The molecule has 0 heterocycles. The van der Waals surface area contributed by atoms with E-state index in [1.807, 2.05) is 0 Å². The molecule has 0 bridgehead atoms. The van der Waals surface area contributed by atoms with Crippen molar-refractivity contribution in [2.45, 2.75) is 13.3 Å². The lowest BCUT2D eigenvalue weighted by Crippen LogP contribution is -2.22. The third-order valence-corrected chi connectivity index (χ3v) is 4.37. The molecule has 0 aromatic heterocycles. The maximum Gasteiger partial charge on any atom is 0.337 e. The number of aryl methyl sites for hydroxylation is 1. The molecule has 0 aliphatic rings. The van der Waals surface area contributed by atoms with E-state index in [-0.39, 0.29) is 6.42 Å². The van der Waals surface area contributed by atoms with E-state index in [9.17, 15) is 14.4 Å². The molecule has 2 rings (SSSR count). The molecule has 0 radical (unpaired) electrons. The van der Waals surface area contributed by atoms with Crippen molar-refractivity contribution in [3.8, 4) is 0 Å². The number of rotatable bonds is 6. The zero-order valence-corrected chi connectivity index (χ0v) is 16.2. The summed E-state index contributed by atoms with van der Waals surface area (Å²) in [4.78, 5) is 35.5. The number of hydrogen-bond donors (Lipinski definition) is 1. The van der Waals surface area contributed by atoms with Crippen molar-refractivity contribution in [2.24, 2.45) is 0 Å². The van der Waals surface area contributed by atoms with Gasteiger partial charge in [0.25, 0.3) is 5.91 Å². The number of carbonyl (C=O) groups is 3. The Kier molecular flexibility index (Phi) is 7.21. The SMILES string of the molecule is COC(=O)c1ccc(C)c(NC(=O)COC(=O)Cc2ccc(Cl)c(Cl)c2)c1. The fraction of sp³-hybridized carbons (Fsp3) is 0.211. The van der Waals surface area contributed by atoms with Crippen molar-refractivity contribution in [3.05, 3.63) is 63.1 Å². The molecule has 6 nitrogen and oxygen atoms in total.